The zero-order chi connectivity index (χ0) is 18.8. The summed E-state index contributed by atoms with van der Waals surface area (Å²) in [5.41, 5.74) is 5.33. The average molecular weight is 398 g/mol. The van der Waals surface area contributed by atoms with Crippen LogP contribution in [-0.4, -0.2) is 17.4 Å². The van der Waals surface area contributed by atoms with E-state index in [1.54, 1.807) is 0 Å². The van der Waals surface area contributed by atoms with Crippen molar-refractivity contribution in [1.82, 2.24) is 10.3 Å². The molecule has 1 aliphatic heterocycles. The number of rotatable bonds is 4. The van der Waals surface area contributed by atoms with Crippen LogP contribution in [-0.2, 0) is 19.4 Å². The smallest absolute Gasteiger partial charge is 0.257 e. The van der Waals surface area contributed by atoms with Crippen LogP contribution in [0.5, 0.6) is 0 Å². The molecule has 2 N–H and O–H groups in total. The van der Waals surface area contributed by atoms with Gasteiger partial charge < -0.3 is 5.32 Å². The number of nitrogens with zero attached hydrogens (tertiary/aromatic N) is 1. The van der Waals surface area contributed by atoms with Gasteiger partial charge in [-0.1, -0.05) is 29.8 Å². The fourth-order valence-corrected chi connectivity index (χ4v) is 4.18. The lowest BCUT2D eigenvalue weighted by Crippen LogP contribution is -2.24. The zero-order valence-corrected chi connectivity index (χ0v) is 16.6. The second-order valence-corrected chi connectivity index (χ2v) is 8.33. The maximum absolute atomic E-state index is 12.6. The number of halogens is 1. The Kier molecular flexibility index (Phi) is 5.25. The number of carbonyl (C=O) groups excluding carboxylic acids is 1. The van der Waals surface area contributed by atoms with Gasteiger partial charge in [-0.25, -0.2) is 4.98 Å². The second kappa shape index (κ2) is 7.80. The van der Waals surface area contributed by atoms with Gasteiger partial charge in [0.2, 0.25) is 0 Å². The van der Waals surface area contributed by atoms with Crippen LogP contribution in [0.3, 0.4) is 0 Å². The van der Waals surface area contributed by atoms with Crippen LogP contribution in [0.15, 0.2) is 42.5 Å². The molecule has 6 heteroatoms. The van der Waals surface area contributed by atoms with Crippen LogP contribution in [0.25, 0.3) is 0 Å². The quantitative estimate of drug-likeness (QED) is 0.676. The van der Waals surface area contributed by atoms with E-state index >= 15 is 0 Å². The highest BCUT2D eigenvalue weighted by Crippen LogP contribution is 2.25. The molecule has 0 radical (unpaired) electrons. The fourth-order valence-electron chi connectivity index (χ4n) is 3.23. The molecule has 0 aliphatic carbocycles. The second-order valence-electron chi connectivity index (χ2n) is 6.69. The summed E-state index contributed by atoms with van der Waals surface area (Å²) < 4.78 is 0. The number of thiazole rings is 1. The molecule has 1 aromatic heterocycles. The highest BCUT2D eigenvalue weighted by atomic mass is 35.5. The molecule has 138 valence electrons. The summed E-state index contributed by atoms with van der Waals surface area (Å²) in [5, 5.41) is 7.66. The van der Waals surface area contributed by atoms with E-state index in [1.807, 2.05) is 49.4 Å². The number of hydrogen-bond acceptors (Lipinski definition) is 4. The predicted octanol–water partition coefficient (Wildman–Crippen LogP) is 4.59. The fraction of sp³-hybridized carbons (Fsp3) is 0.238. The van der Waals surface area contributed by atoms with Crippen molar-refractivity contribution in [3.8, 4) is 0 Å². The molecule has 0 atom stereocenters. The van der Waals surface area contributed by atoms with Crippen LogP contribution >= 0.6 is 22.9 Å². The van der Waals surface area contributed by atoms with Crippen LogP contribution in [0.4, 0.5) is 5.13 Å². The molecule has 2 aromatic carbocycles. The number of anilines is 1. The van der Waals surface area contributed by atoms with Crippen molar-refractivity contribution in [3.05, 3.63) is 80.3 Å². The molecule has 0 saturated heterocycles. The number of nitrogens with one attached hydrogen (secondary N) is 2. The average Bonchev–Trinajstić information content (AvgIpc) is 3.02. The first-order valence-electron chi connectivity index (χ1n) is 8.93. The number of carbonyl (C=O) groups is 1. The Morgan fingerprint density at radius 1 is 1.22 bits per heavy atom. The van der Waals surface area contributed by atoms with Crippen molar-refractivity contribution >= 4 is 34.0 Å². The van der Waals surface area contributed by atoms with E-state index in [2.05, 4.69) is 15.6 Å². The zero-order valence-electron chi connectivity index (χ0n) is 15.0. The first kappa shape index (κ1) is 18.2. The lowest BCUT2D eigenvalue weighted by atomic mass is 9.98. The number of aromatic nitrogens is 1. The molecule has 0 unspecified atom stereocenters. The standard InChI is InChI=1S/C21H20ClN3OS/c1-13-19(10-14-2-6-18(22)7-3-14)24-21(27-13)25-20(26)16-4-5-17-12-23-9-8-15(17)11-16/h2-7,11,23H,8-10,12H2,1H3,(H,24,25,26). The molecule has 27 heavy (non-hydrogen) atoms. The highest BCUT2D eigenvalue weighted by Gasteiger charge is 2.15. The van der Waals surface area contributed by atoms with Crippen LogP contribution in [0.2, 0.25) is 5.02 Å². The number of aryl methyl sites for hydroxylation is 1. The molecule has 4 rings (SSSR count). The minimum atomic E-state index is -0.108. The van der Waals surface area contributed by atoms with Crippen molar-refractivity contribution in [2.24, 2.45) is 0 Å². The lowest BCUT2D eigenvalue weighted by molar-refractivity contribution is 0.102. The summed E-state index contributed by atoms with van der Waals surface area (Å²) in [6, 6.07) is 13.7. The molecule has 2 heterocycles. The lowest BCUT2D eigenvalue weighted by Gasteiger charge is -2.17. The summed E-state index contributed by atoms with van der Waals surface area (Å²) in [4.78, 5) is 18.4. The third-order valence-corrected chi connectivity index (χ3v) is 5.93. The summed E-state index contributed by atoms with van der Waals surface area (Å²) in [7, 11) is 0. The van der Waals surface area contributed by atoms with Gasteiger partial charge in [0.05, 0.1) is 5.69 Å². The predicted molar refractivity (Wildman–Crippen MR) is 111 cm³/mol. The van der Waals surface area contributed by atoms with Gasteiger partial charge in [-0.15, -0.1) is 11.3 Å². The van der Waals surface area contributed by atoms with Gasteiger partial charge in [-0.3, -0.25) is 10.1 Å². The van der Waals surface area contributed by atoms with E-state index in [0.29, 0.717) is 10.7 Å². The van der Waals surface area contributed by atoms with Gasteiger partial charge in [0.1, 0.15) is 0 Å². The third-order valence-electron chi connectivity index (χ3n) is 4.75. The molecule has 0 saturated carbocycles. The molecule has 4 nitrogen and oxygen atoms in total. The van der Waals surface area contributed by atoms with E-state index < -0.39 is 0 Å². The summed E-state index contributed by atoms with van der Waals surface area (Å²) in [6.07, 6.45) is 1.68. The van der Waals surface area contributed by atoms with Crippen LogP contribution in [0.1, 0.15) is 37.6 Å². The maximum Gasteiger partial charge on any atom is 0.257 e. The van der Waals surface area contributed by atoms with Crippen molar-refractivity contribution < 1.29 is 4.79 Å². The third kappa shape index (κ3) is 4.21. The Bertz CT molecular complexity index is 982. The van der Waals surface area contributed by atoms with Gasteiger partial charge in [0.25, 0.3) is 5.91 Å². The largest absolute Gasteiger partial charge is 0.312 e. The van der Waals surface area contributed by atoms with E-state index in [0.717, 1.165) is 47.1 Å². The number of benzene rings is 2. The number of amides is 1. The molecule has 3 aromatic rings. The molecule has 0 fully saturated rings. The van der Waals surface area contributed by atoms with Crippen molar-refractivity contribution in [3.63, 3.8) is 0 Å². The van der Waals surface area contributed by atoms with Crippen molar-refractivity contribution in [2.45, 2.75) is 26.3 Å². The SMILES string of the molecule is Cc1sc(NC(=O)c2ccc3c(c2)CCNC3)nc1Cc1ccc(Cl)cc1. The molecular weight excluding hydrogens is 378 g/mol. The Morgan fingerprint density at radius 2 is 2.04 bits per heavy atom. The first-order chi connectivity index (χ1) is 13.1. The summed E-state index contributed by atoms with van der Waals surface area (Å²) >= 11 is 7.45. The maximum atomic E-state index is 12.6. The number of fused-ring (bicyclic) bond motifs is 1. The normalized spacial score (nSPS) is 13.3. The van der Waals surface area contributed by atoms with Gasteiger partial charge >= 0.3 is 0 Å². The molecule has 1 amide bonds. The van der Waals surface area contributed by atoms with E-state index in [4.69, 9.17) is 11.6 Å². The molecule has 0 bridgehead atoms. The Morgan fingerprint density at radius 3 is 2.85 bits per heavy atom. The highest BCUT2D eigenvalue weighted by molar-refractivity contribution is 7.15. The Hall–Kier alpha value is -2.21. The van der Waals surface area contributed by atoms with Crippen LogP contribution in [0, 0.1) is 6.92 Å². The first-order valence-corrected chi connectivity index (χ1v) is 10.1. The topological polar surface area (TPSA) is 54.0 Å². The Balaban J connectivity index is 1.48. The monoisotopic (exact) mass is 397 g/mol. The summed E-state index contributed by atoms with van der Waals surface area (Å²) in [5.74, 6) is -0.108. The van der Waals surface area contributed by atoms with E-state index in [9.17, 15) is 4.79 Å². The minimum absolute atomic E-state index is 0.108. The number of hydrogen-bond donors (Lipinski definition) is 2. The van der Waals surface area contributed by atoms with Gasteiger partial charge in [-0.05, 0) is 60.8 Å². The van der Waals surface area contributed by atoms with Gasteiger partial charge in [-0.2, -0.15) is 0 Å². The van der Waals surface area contributed by atoms with Crippen LogP contribution < -0.4 is 10.6 Å². The molecule has 0 spiro atoms. The Labute approximate surface area is 167 Å². The van der Waals surface area contributed by atoms with Crippen molar-refractivity contribution in [2.75, 3.05) is 11.9 Å². The minimum Gasteiger partial charge on any atom is -0.312 e. The van der Waals surface area contributed by atoms with E-state index in [-0.39, 0.29) is 5.91 Å². The molecule has 1 aliphatic rings. The molecular formula is C21H20ClN3OS. The van der Waals surface area contributed by atoms with Gasteiger partial charge in [0.15, 0.2) is 5.13 Å². The van der Waals surface area contributed by atoms with E-state index in [1.165, 1.54) is 22.5 Å². The van der Waals surface area contributed by atoms with Gasteiger partial charge in [0, 0.05) is 28.4 Å². The summed E-state index contributed by atoms with van der Waals surface area (Å²) in [6.45, 7) is 3.86. The van der Waals surface area contributed by atoms with Crippen molar-refractivity contribution in [1.29, 1.82) is 0 Å².